The molecule has 2 rings (SSSR count). The van der Waals surface area contributed by atoms with E-state index in [9.17, 15) is 4.79 Å². The molecule has 0 atom stereocenters. The van der Waals surface area contributed by atoms with Gasteiger partial charge < -0.3 is 14.5 Å². The Morgan fingerprint density at radius 1 is 1.11 bits per heavy atom. The summed E-state index contributed by atoms with van der Waals surface area (Å²) in [6.07, 6.45) is 3.39. The fourth-order valence-corrected chi connectivity index (χ4v) is 3.53. The maximum atomic E-state index is 12.5. The van der Waals surface area contributed by atoms with Crippen molar-refractivity contribution in [2.24, 2.45) is 0 Å². The van der Waals surface area contributed by atoms with Crippen molar-refractivity contribution < 1.29 is 4.79 Å². The summed E-state index contributed by atoms with van der Waals surface area (Å²) in [7, 11) is 5.83. The van der Waals surface area contributed by atoms with Crippen molar-refractivity contribution in [2.75, 3.05) is 43.9 Å². The Labute approximate surface area is 179 Å². The van der Waals surface area contributed by atoms with Gasteiger partial charge in [0, 0.05) is 37.6 Å². The van der Waals surface area contributed by atoms with E-state index in [2.05, 4.69) is 36.1 Å². The molecule has 2 aromatic rings. The van der Waals surface area contributed by atoms with E-state index < -0.39 is 0 Å². The third-order valence-electron chi connectivity index (χ3n) is 4.85. The van der Waals surface area contributed by atoms with Crippen LogP contribution in [0.25, 0.3) is 0 Å². The number of halogens is 1. The van der Waals surface area contributed by atoms with E-state index >= 15 is 0 Å². The maximum absolute atomic E-state index is 12.5. The van der Waals surface area contributed by atoms with Crippen molar-refractivity contribution in [3.05, 3.63) is 58.6 Å². The molecule has 1 N–H and O–H groups in total. The van der Waals surface area contributed by atoms with Crippen molar-refractivity contribution in [1.82, 2.24) is 4.90 Å². The van der Waals surface area contributed by atoms with Gasteiger partial charge in [-0.3, -0.25) is 4.79 Å². The summed E-state index contributed by atoms with van der Waals surface area (Å²) in [5, 5.41) is 3.96. The third-order valence-corrected chi connectivity index (χ3v) is 5.44. The van der Waals surface area contributed by atoms with Crippen LogP contribution in [0, 0.1) is 0 Å². The van der Waals surface area contributed by atoms with Crippen molar-refractivity contribution >= 4 is 41.6 Å². The summed E-state index contributed by atoms with van der Waals surface area (Å²) in [4.78, 5) is 14.8. The molecule has 0 heterocycles. The Balaban J connectivity index is 1.74. The SMILES string of the molecule is CNc1cc(C(=O)CCCCN(C)CCc2ccccc2Cl)ccc1N(C)S. The van der Waals surface area contributed by atoms with E-state index in [1.807, 2.05) is 50.5 Å². The number of hydrogen-bond acceptors (Lipinski definition) is 5. The van der Waals surface area contributed by atoms with E-state index in [-0.39, 0.29) is 5.78 Å². The molecule has 152 valence electrons. The number of anilines is 2. The Morgan fingerprint density at radius 3 is 2.54 bits per heavy atom. The zero-order valence-corrected chi connectivity index (χ0v) is 18.6. The Hall–Kier alpha value is -1.69. The number of hydrogen-bond donors (Lipinski definition) is 2. The molecule has 0 aliphatic heterocycles. The van der Waals surface area contributed by atoms with Gasteiger partial charge in [0.05, 0.1) is 11.4 Å². The van der Waals surface area contributed by atoms with Gasteiger partial charge in [-0.1, -0.05) is 42.6 Å². The highest BCUT2D eigenvalue weighted by Crippen LogP contribution is 2.27. The zero-order chi connectivity index (χ0) is 20.5. The highest BCUT2D eigenvalue weighted by atomic mass is 35.5. The monoisotopic (exact) mass is 419 g/mol. The van der Waals surface area contributed by atoms with Gasteiger partial charge in [-0.25, -0.2) is 0 Å². The lowest BCUT2D eigenvalue weighted by Gasteiger charge is -2.17. The molecule has 0 radical (unpaired) electrons. The molecule has 0 aliphatic rings. The fourth-order valence-electron chi connectivity index (χ4n) is 3.13. The van der Waals surface area contributed by atoms with Gasteiger partial charge in [0.1, 0.15) is 0 Å². The average molecular weight is 420 g/mol. The third kappa shape index (κ3) is 6.73. The number of rotatable bonds is 11. The maximum Gasteiger partial charge on any atom is 0.162 e. The standard InChI is InChI=1S/C22H30ClN3OS/c1-24-20-16-18(11-12-21(20)26(3)28)22(27)10-6-7-14-25(2)15-13-17-8-4-5-9-19(17)23/h4-5,8-9,11-12,16,24,28H,6-7,10,13-15H2,1-3H3. The molecule has 4 nitrogen and oxygen atoms in total. The molecule has 0 fully saturated rings. The van der Waals surface area contributed by atoms with Crippen LogP contribution in [0.4, 0.5) is 11.4 Å². The van der Waals surface area contributed by atoms with Crippen molar-refractivity contribution in [3.63, 3.8) is 0 Å². The quantitative estimate of drug-likeness (QED) is 0.298. The number of ketones is 1. The van der Waals surface area contributed by atoms with Gasteiger partial charge in [0.15, 0.2) is 5.78 Å². The van der Waals surface area contributed by atoms with Crippen molar-refractivity contribution in [2.45, 2.75) is 25.7 Å². The second-order valence-corrected chi connectivity index (χ2v) is 8.04. The molecule has 0 bridgehead atoms. The highest BCUT2D eigenvalue weighted by Gasteiger charge is 2.11. The molecule has 0 spiro atoms. The summed E-state index contributed by atoms with van der Waals surface area (Å²) in [6, 6.07) is 13.7. The van der Waals surface area contributed by atoms with Crippen LogP contribution in [0.1, 0.15) is 35.2 Å². The minimum Gasteiger partial charge on any atom is -0.386 e. The largest absolute Gasteiger partial charge is 0.386 e. The van der Waals surface area contributed by atoms with E-state index in [0.29, 0.717) is 6.42 Å². The summed E-state index contributed by atoms with van der Waals surface area (Å²) in [5.74, 6) is 0.184. The second kappa shape index (κ2) is 11.3. The molecule has 0 saturated carbocycles. The first-order valence-electron chi connectivity index (χ1n) is 9.62. The predicted octanol–water partition coefficient (Wildman–Crippen LogP) is 5.19. The van der Waals surface area contributed by atoms with Crippen LogP contribution in [-0.2, 0) is 6.42 Å². The molecular weight excluding hydrogens is 390 g/mol. The van der Waals surface area contributed by atoms with Gasteiger partial charge in [0.25, 0.3) is 0 Å². The Bertz CT molecular complexity index is 782. The number of thiol groups is 1. The second-order valence-electron chi connectivity index (χ2n) is 7.03. The average Bonchev–Trinajstić information content (AvgIpc) is 2.69. The Kier molecular flexibility index (Phi) is 9.16. The number of unbranched alkanes of at least 4 members (excludes halogenated alkanes) is 1. The van der Waals surface area contributed by atoms with Gasteiger partial charge in [-0.15, -0.1) is 0 Å². The van der Waals surface area contributed by atoms with Crippen LogP contribution in [0.5, 0.6) is 0 Å². The topological polar surface area (TPSA) is 35.6 Å². The van der Waals surface area contributed by atoms with Gasteiger partial charge in [-0.05, 0) is 62.7 Å². The minimum atomic E-state index is 0.184. The smallest absolute Gasteiger partial charge is 0.162 e. The van der Waals surface area contributed by atoms with Crippen molar-refractivity contribution in [1.29, 1.82) is 0 Å². The van der Waals surface area contributed by atoms with Crippen LogP contribution < -0.4 is 9.62 Å². The van der Waals surface area contributed by atoms with Crippen LogP contribution in [-0.4, -0.2) is 44.9 Å². The van der Waals surface area contributed by atoms with E-state index in [1.54, 1.807) is 4.31 Å². The lowest BCUT2D eigenvalue weighted by molar-refractivity contribution is 0.0978. The zero-order valence-electron chi connectivity index (χ0n) is 16.9. The number of carbonyl (C=O) groups is 1. The first-order chi connectivity index (χ1) is 13.4. The van der Waals surface area contributed by atoms with Gasteiger partial charge >= 0.3 is 0 Å². The number of benzene rings is 2. The summed E-state index contributed by atoms with van der Waals surface area (Å²) in [6.45, 7) is 1.94. The lowest BCUT2D eigenvalue weighted by Crippen LogP contribution is -2.22. The molecule has 0 amide bonds. The first-order valence-corrected chi connectivity index (χ1v) is 10.4. The van der Waals surface area contributed by atoms with E-state index in [1.165, 1.54) is 5.56 Å². The van der Waals surface area contributed by atoms with Crippen molar-refractivity contribution in [3.8, 4) is 0 Å². The number of likely N-dealkylation sites (N-methyl/N-ethyl adjacent to an activating group) is 1. The molecule has 0 unspecified atom stereocenters. The van der Waals surface area contributed by atoms with Crippen LogP contribution in [0.3, 0.4) is 0 Å². The molecule has 2 aromatic carbocycles. The molecule has 6 heteroatoms. The molecule has 28 heavy (non-hydrogen) atoms. The van der Waals surface area contributed by atoms with Gasteiger partial charge in [-0.2, -0.15) is 0 Å². The lowest BCUT2D eigenvalue weighted by atomic mass is 10.0. The summed E-state index contributed by atoms with van der Waals surface area (Å²) >= 11 is 10.5. The number of nitrogens with zero attached hydrogens (tertiary/aromatic N) is 2. The number of nitrogens with one attached hydrogen (secondary N) is 1. The summed E-state index contributed by atoms with van der Waals surface area (Å²) < 4.78 is 1.73. The van der Waals surface area contributed by atoms with Crippen LogP contribution in [0.2, 0.25) is 5.02 Å². The van der Waals surface area contributed by atoms with Gasteiger partial charge in [0.2, 0.25) is 0 Å². The summed E-state index contributed by atoms with van der Waals surface area (Å²) in [5.41, 5.74) is 3.78. The number of Topliss-reactive ketones (excluding diaryl/α,β-unsaturated/α-hetero) is 1. The Morgan fingerprint density at radius 2 is 1.86 bits per heavy atom. The first kappa shape index (κ1) is 22.6. The fraction of sp³-hybridized carbons (Fsp3) is 0.409. The molecular formula is C22H30ClN3OS. The molecule has 0 saturated heterocycles. The highest BCUT2D eigenvalue weighted by molar-refractivity contribution is 7.81. The normalized spacial score (nSPS) is 10.9. The molecule has 0 aliphatic carbocycles. The van der Waals surface area contributed by atoms with E-state index in [0.717, 1.165) is 54.3 Å². The van der Waals surface area contributed by atoms with Crippen LogP contribution in [0.15, 0.2) is 42.5 Å². The molecule has 0 aromatic heterocycles. The minimum absolute atomic E-state index is 0.184. The number of carbonyl (C=O) groups excluding carboxylic acids is 1. The van der Waals surface area contributed by atoms with Crippen LogP contribution >= 0.6 is 24.4 Å². The van der Waals surface area contributed by atoms with E-state index in [4.69, 9.17) is 11.6 Å². The predicted molar refractivity (Wildman–Crippen MR) is 124 cm³/mol.